The van der Waals surface area contributed by atoms with Crippen LogP contribution < -0.4 is 10.6 Å². The molecule has 0 radical (unpaired) electrons. The second-order valence-electron chi connectivity index (χ2n) is 4.34. The van der Waals surface area contributed by atoms with Crippen molar-refractivity contribution in [3.8, 4) is 0 Å². The molecule has 18 heavy (non-hydrogen) atoms. The summed E-state index contributed by atoms with van der Waals surface area (Å²) in [4.78, 5) is 10.6. The summed E-state index contributed by atoms with van der Waals surface area (Å²) in [6.45, 7) is 4.51. The topological polar surface area (TPSA) is 88.1 Å². The van der Waals surface area contributed by atoms with E-state index in [1.54, 1.807) is 12.4 Å². The molecule has 0 spiro atoms. The van der Waals surface area contributed by atoms with Gasteiger partial charge in [-0.25, -0.2) is 9.97 Å². The van der Waals surface area contributed by atoms with Gasteiger partial charge in [0.05, 0.1) is 6.10 Å². The van der Waals surface area contributed by atoms with Crippen molar-refractivity contribution in [3.63, 3.8) is 0 Å². The highest BCUT2D eigenvalue weighted by molar-refractivity contribution is 5.97. The Morgan fingerprint density at radius 1 is 1.56 bits per heavy atom. The number of rotatable bonds is 3. The van der Waals surface area contributed by atoms with Crippen LogP contribution in [0, 0.1) is 5.41 Å². The Morgan fingerprint density at radius 3 is 3.06 bits per heavy atom. The van der Waals surface area contributed by atoms with Crippen molar-refractivity contribution < 1.29 is 4.74 Å². The average molecular weight is 249 g/mol. The van der Waals surface area contributed by atoms with E-state index in [1.807, 2.05) is 0 Å². The Morgan fingerprint density at radius 2 is 2.33 bits per heavy atom. The first kappa shape index (κ1) is 12.8. The number of anilines is 1. The second kappa shape index (κ2) is 5.77. The van der Waals surface area contributed by atoms with Crippen LogP contribution in [-0.4, -0.2) is 41.6 Å². The van der Waals surface area contributed by atoms with Gasteiger partial charge in [0.2, 0.25) is 0 Å². The molecule has 0 amide bonds. The molecular weight excluding hydrogens is 230 g/mol. The van der Waals surface area contributed by atoms with Crippen LogP contribution in [0.4, 0.5) is 5.82 Å². The minimum absolute atomic E-state index is 0.0451. The summed E-state index contributed by atoms with van der Waals surface area (Å²) in [5.74, 6) is 0.644. The molecule has 0 saturated carbocycles. The number of hydrogen-bond donors (Lipinski definition) is 2. The molecule has 0 bridgehead atoms. The van der Waals surface area contributed by atoms with Crippen LogP contribution in [0.5, 0.6) is 0 Å². The van der Waals surface area contributed by atoms with Gasteiger partial charge in [0.1, 0.15) is 11.5 Å². The normalized spacial score (nSPS) is 20.5. The Labute approximate surface area is 107 Å². The Balaban J connectivity index is 2.26. The molecule has 0 aliphatic carbocycles. The number of nitrogen functional groups attached to an aromatic ring is 1. The van der Waals surface area contributed by atoms with Gasteiger partial charge in [0.15, 0.2) is 5.82 Å². The molecule has 1 saturated heterocycles. The van der Waals surface area contributed by atoms with E-state index in [0.29, 0.717) is 11.5 Å². The molecule has 0 aromatic carbocycles. The van der Waals surface area contributed by atoms with Gasteiger partial charge in [-0.15, -0.1) is 0 Å². The first-order valence-corrected chi connectivity index (χ1v) is 6.24. The monoisotopic (exact) mass is 249 g/mol. The van der Waals surface area contributed by atoms with Crippen molar-refractivity contribution >= 4 is 11.7 Å². The van der Waals surface area contributed by atoms with Crippen molar-refractivity contribution in [3.05, 3.63) is 18.1 Å². The maximum Gasteiger partial charge on any atom is 0.158 e. The van der Waals surface area contributed by atoms with Gasteiger partial charge in [-0.05, 0) is 12.8 Å². The lowest BCUT2D eigenvalue weighted by Crippen LogP contribution is -2.34. The van der Waals surface area contributed by atoms with Crippen molar-refractivity contribution in [1.29, 1.82) is 5.41 Å². The zero-order chi connectivity index (χ0) is 13.0. The van der Waals surface area contributed by atoms with Gasteiger partial charge in [-0.2, -0.15) is 0 Å². The zero-order valence-electron chi connectivity index (χ0n) is 10.6. The Hall–Kier alpha value is -1.69. The number of ether oxygens (including phenoxy) is 1. The van der Waals surface area contributed by atoms with Gasteiger partial charge in [-0.3, -0.25) is 5.41 Å². The number of hydrogen-bond acceptors (Lipinski definition) is 5. The molecule has 1 aromatic rings. The quantitative estimate of drug-likeness (QED) is 0.610. The summed E-state index contributed by atoms with van der Waals surface area (Å²) in [6.07, 6.45) is 5.31. The van der Waals surface area contributed by atoms with Crippen LogP contribution in [0.3, 0.4) is 0 Å². The van der Waals surface area contributed by atoms with Crippen molar-refractivity contribution in [1.82, 2.24) is 9.97 Å². The lowest BCUT2D eigenvalue weighted by molar-refractivity contribution is 0.0664. The molecule has 1 atom stereocenters. The van der Waals surface area contributed by atoms with Gasteiger partial charge in [-0.1, -0.05) is 6.92 Å². The van der Waals surface area contributed by atoms with E-state index in [0.717, 1.165) is 32.5 Å². The zero-order valence-corrected chi connectivity index (χ0v) is 10.6. The minimum atomic E-state index is -0.0451. The molecule has 1 fully saturated rings. The lowest BCUT2D eigenvalue weighted by Gasteiger charge is -2.25. The summed E-state index contributed by atoms with van der Waals surface area (Å²) in [7, 11) is 0. The summed E-state index contributed by atoms with van der Waals surface area (Å²) in [6, 6.07) is 0. The molecule has 1 unspecified atom stereocenters. The first-order valence-electron chi connectivity index (χ1n) is 6.24. The molecule has 6 nitrogen and oxygen atoms in total. The molecule has 2 rings (SSSR count). The highest BCUT2D eigenvalue weighted by Gasteiger charge is 2.21. The van der Waals surface area contributed by atoms with Crippen LogP contribution in [0.2, 0.25) is 0 Å². The molecule has 98 valence electrons. The van der Waals surface area contributed by atoms with Gasteiger partial charge >= 0.3 is 0 Å². The fourth-order valence-electron chi connectivity index (χ4n) is 2.09. The fourth-order valence-corrected chi connectivity index (χ4v) is 2.09. The van der Waals surface area contributed by atoms with E-state index >= 15 is 0 Å². The Bertz CT molecular complexity index is 423. The van der Waals surface area contributed by atoms with E-state index in [-0.39, 0.29) is 11.9 Å². The standard InChI is InChI=1S/C12H19N5O/c1-2-9-8-17(6-3-7-18-9)12-10(11(13)14)15-4-5-16-12/h4-5,9H,2-3,6-8H2,1H3,(H3,13,14). The third-order valence-corrected chi connectivity index (χ3v) is 3.04. The van der Waals surface area contributed by atoms with E-state index in [4.69, 9.17) is 15.9 Å². The molecule has 3 N–H and O–H groups in total. The highest BCUT2D eigenvalue weighted by atomic mass is 16.5. The minimum Gasteiger partial charge on any atom is -0.382 e. The van der Waals surface area contributed by atoms with Crippen LogP contribution >= 0.6 is 0 Å². The molecule has 6 heteroatoms. The molecule has 1 aliphatic heterocycles. The number of aromatic nitrogens is 2. The van der Waals surface area contributed by atoms with E-state index in [9.17, 15) is 0 Å². The van der Waals surface area contributed by atoms with Crippen LogP contribution in [0.25, 0.3) is 0 Å². The largest absolute Gasteiger partial charge is 0.382 e. The van der Waals surface area contributed by atoms with Crippen LogP contribution in [0.1, 0.15) is 25.5 Å². The molecule has 1 aliphatic rings. The number of nitrogens with one attached hydrogen (secondary N) is 1. The summed E-state index contributed by atoms with van der Waals surface area (Å²) in [5, 5.41) is 7.56. The van der Waals surface area contributed by atoms with Gasteiger partial charge < -0.3 is 15.4 Å². The maximum absolute atomic E-state index is 7.56. The summed E-state index contributed by atoms with van der Waals surface area (Å²) in [5.41, 5.74) is 6.00. The van der Waals surface area contributed by atoms with E-state index in [2.05, 4.69) is 21.8 Å². The fraction of sp³-hybridized carbons (Fsp3) is 0.583. The molecule has 1 aromatic heterocycles. The first-order chi connectivity index (χ1) is 8.72. The number of nitrogens with zero attached hydrogens (tertiary/aromatic N) is 3. The average Bonchev–Trinajstić information content (AvgIpc) is 2.64. The third-order valence-electron chi connectivity index (χ3n) is 3.04. The lowest BCUT2D eigenvalue weighted by atomic mass is 10.2. The summed E-state index contributed by atoms with van der Waals surface area (Å²) < 4.78 is 5.73. The van der Waals surface area contributed by atoms with Crippen molar-refractivity contribution in [2.45, 2.75) is 25.9 Å². The van der Waals surface area contributed by atoms with E-state index < -0.39 is 0 Å². The SMILES string of the molecule is CCC1CN(c2nccnc2C(=N)N)CCCO1. The summed E-state index contributed by atoms with van der Waals surface area (Å²) >= 11 is 0. The second-order valence-corrected chi connectivity index (χ2v) is 4.34. The predicted molar refractivity (Wildman–Crippen MR) is 69.9 cm³/mol. The number of nitrogens with two attached hydrogens (primary N) is 1. The van der Waals surface area contributed by atoms with Crippen LogP contribution in [0.15, 0.2) is 12.4 Å². The highest BCUT2D eigenvalue weighted by Crippen LogP contribution is 2.18. The van der Waals surface area contributed by atoms with Gasteiger partial charge in [0.25, 0.3) is 0 Å². The predicted octanol–water partition coefficient (Wildman–Crippen LogP) is 0.766. The smallest absolute Gasteiger partial charge is 0.158 e. The van der Waals surface area contributed by atoms with Crippen molar-refractivity contribution in [2.75, 3.05) is 24.6 Å². The molecule has 2 heterocycles. The Kier molecular flexibility index (Phi) is 4.09. The van der Waals surface area contributed by atoms with E-state index in [1.165, 1.54) is 0 Å². The van der Waals surface area contributed by atoms with Crippen molar-refractivity contribution in [2.24, 2.45) is 5.73 Å². The number of amidine groups is 1. The van der Waals surface area contributed by atoms with Crippen LogP contribution in [-0.2, 0) is 4.74 Å². The van der Waals surface area contributed by atoms with Gasteiger partial charge in [0, 0.05) is 32.1 Å². The third kappa shape index (κ3) is 2.76. The molecular formula is C12H19N5O. The maximum atomic E-state index is 7.56.